The van der Waals surface area contributed by atoms with E-state index in [-0.39, 0.29) is 0 Å². The Hall–Kier alpha value is -0.410. The summed E-state index contributed by atoms with van der Waals surface area (Å²) in [6.07, 6.45) is 6.87. The van der Waals surface area contributed by atoms with Crippen LogP contribution in [0, 0.1) is 0 Å². The third-order valence-corrected chi connectivity index (χ3v) is 3.13. The Bertz CT molecular complexity index is 245. The number of hydrogen-bond donors (Lipinski definition) is 1. The second-order valence-electron chi connectivity index (χ2n) is 3.50. The van der Waals surface area contributed by atoms with E-state index in [4.69, 9.17) is 0 Å². The third kappa shape index (κ3) is 4.20. The van der Waals surface area contributed by atoms with Gasteiger partial charge >= 0.3 is 0 Å². The summed E-state index contributed by atoms with van der Waals surface area (Å²) in [5.74, 6) is 0. The van der Waals surface area contributed by atoms with E-state index in [0.29, 0.717) is 0 Å². The first-order valence-corrected chi connectivity index (χ1v) is 6.32. The Labute approximate surface area is 90.8 Å². The molecular formula is C11H20N2S. The lowest BCUT2D eigenvalue weighted by Crippen LogP contribution is -2.12. The van der Waals surface area contributed by atoms with Gasteiger partial charge < -0.3 is 5.32 Å². The molecule has 0 aliphatic rings. The largest absolute Gasteiger partial charge is 0.312 e. The fraction of sp³-hybridized carbons (Fsp3) is 0.727. The van der Waals surface area contributed by atoms with Gasteiger partial charge in [0.2, 0.25) is 0 Å². The van der Waals surface area contributed by atoms with E-state index >= 15 is 0 Å². The average molecular weight is 212 g/mol. The van der Waals surface area contributed by atoms with Crippen LogP contribution in [-0.4, -0.2) is 11.5 Å². The van der Waals surface area contributed by atoms with Gasteiger partial charge in [-0.1, -0.05) is 20.3 Å². The SMILES string of the molecule is CCCCc1ncc(CNCCC)s1. The van der Waals surface area contributed by atoms with Gasteiger partial charge in [0.25, 0.3) is 0 Å². The molecule has 0 unspecified atom stereocenters. The summed E-state index contributed by atoms with van der Waals surface area (Å²) in [6, 6.07) is 0. The van der Waals surface area contributed by atoms with Gasteiger partial charge in [-0.25, -0.2) is 4.98 Å². The van der Waals surface area contributed by atoms with Gasteiger partial charge in [0.05, 0.1) is 5.01 Å². The van der Waals surface area contributed by atoms with Crippen molar-refractivity contribution in [2.45, 2.75) is 46.1 Å². The number of hydrogen-bond acceptors (Lipinski definition) is 3. The molecule has 0 spiro atoms. The van der Waals surface area contributed by atoms with Crippen molar-refractivity contribution < 1.29 is 0 Å². The molecule has 14 heavy (non-hydrogen) atoms. The monoisotopic (exact) mass is 212 g/mol. The minimum Gasteiger partial charge on any atom is -0.312 e. The zero-order chi connectivity index (χ0) is 10.2. The highest BCUT2D eigenvalue weighted by Crippen LogP contribution is 2.14. The predicted octanol–water partition coefficient (Wildman–Crippen LogP) is 2.99. The molecular weight excluding hydrogens is 192 g/mol. The van der Waals surface area contributed by atoms with Crippen molar-refractivity contribution in [1.29, 1.82) is 0 Å². The maximum Gasteiger partial charge on any atom is 0.0928 e. The molecule has 0 amide bonds. The van der Waals surface area contributed by atoms with Crippen molar-refractivity contribution in [3.05, 3.63) is 16.1 Å². The highest BCUT2D eigenvalue weighted by atomic mass is 32.1. The average Bonchev–Trinajstić information content (AvgIpc) is 2.63. The van der Waals surface area contributed by atoms with Crippen LogP contribution in [0.15, 0.2) is 6.20 Å². The fourth-order valence-electron chi connectivity index (χ4n) is 1.26. The first-order chi connectivity index (χ1) is 6.86. The van der Waals surface area contributed by atoms with Crippen LogP contribution in [0.5, 0.6) is 0 Å². The molecule has 0 saturated carbocycles. The second-order valence-corrected chi connectivity index (χ2v) is 4.70. The van der Waals surface area contributed by atoms with E-state index in [1.54, 1.807) is 0 Å². The van der Waals surface area contributed by atoms with Crippen LogP contribution < -0.4 is 5.32 Å². The summed E-state index contributed by atoms with van der Waals surface area (Å²) < 4.78 is 0. The lowest BCUT2D eigenvalue weighted by molar-refractivity contribution is 0.681. The van der Waals surface area contributed by atoms with E-state index in [2.05, 4.69) is 24.1 Å². The van der Waals surface area contributed by atoms with E-state index in [1.807, 2.05) is 17.5 Å². The first-order valence-electron chi connectivity index (χ1n) is 5.51. The van der Waals surface area contributed by atoms with Gasteiger partial charge in [0.15, 0.2) is 0 Å². The Kier molecular flexibility index (Phi) is 5.80. The van der Waals surface area contributed by atoms with E-state index < -0.39 is 0 Å². The van der Waals surface area contributed by atoms with E-state index in [1.165, 1.54) is 29.1 Å². The standard InChI is InChI=1S/C11H20N2S/c1-3-5-6-11-13-9-10(14-11)8-12-7-4-2/h9,12H,3-8H2,1-2H3. The number of nitrogens with zero attached hydrogens (tertiary/aromatic N) is 1. The molecule has 0 atom stereocenters. The zero-order valence-electron chi connectivity index (χ0n) is 9.18. The molecule has 1 aromatic heterocycles. The maximum absolute atomic E-state index is 4.41. The fourth-order valence-corrected chi connectivity index (χ4v) is 2.20. The number of aromatic nitrogens is 1. The molecule has 80 valence electrons. The molecule has 0 aliphatic carbocycles. The number of aryl methyl sites for hydroxylation is 1. The molecule has 1 rings (SSSR count). The van der Waals surface area contributed by atoms with Crippen LogP contribution in [0.25, 0.3) is 0 Å². The van der Waals surface area contributed by atoms with Crippen molar-refractivity contribution in [2.75, 3.05) is 6.54 Å². The molecule has 3 heteroatoms. The van der Waals surface area contributed by atoms with Crippen molar-refractivity contribution in [3.8, 4) is 0 Å². The lowest BCUT2D eigenvalue weighted by atomic mass is 10.3. The Morgan fingerprint density at radius 3 is 2.93 bits per heavy atom. The highest BCUT2D eigenvalue weighted by molar-refractivity contribution is 7.11. The van der Waals surface area contributed by atoms with Crippen LogP contribution in [0.2, 0.25) is 0 Å². The van der Waals surface area contributed by atoms with Gasteiger partial charge in [-0.05, 0) is 25.8 Å². The Balaban J connectivity index is 2.27. The minimum absolute atomic E-state index is 0.984. The van der Waals surface area contributed by atoms with Gasteiger partial charge in [0.1, 0.15) is 0 Å². The summed E-state index contributed by atoms with van der Waals surface area (Å²) in [4.78, 5) is 5.78. The van der Waals surface area contributed by atoms with Gasteiger partial charge in [0, 0.05) is 17.6 Å². The number of nitrogens with one attached hydrogen (secondary N) is 1. The summed E-state index contributed by atoms with van der Waals surface area (Å²) in [5, 5.41) is 4.68. The molecule has 0 aromatic carbocycles. The molecule has 1 N–H and O–H groups in total. The van der Waals surface area contributed by atoms with Crippen molar-refractivity contribution in [1.82, 2.24) is 10.3 Å². The van der Waals surface area contributed by atoms with Crippen LogP contribution in [0.3, 0.4) is 0 Å². The second kappa shape index (κ2) is 6.96. The van der Waals surface area contributed by atoms with Crippen LogP contribution in [0.1, 0.15) is 43.0 Å². The van der Waals surface area contributed by atoms with E-state index in [0.717, 1.165) is 19.5 Å². The normalized spacial score (nSPS) is 10.7. The molecule has 1 heterocycles. The van der Waals surface area contributed by atoms with Gasteiger partial charge in [-0.2, -0.15) is 0 Å². The first kappa shape index (κ1) is 11.7. The molecule has 0 bridgehead atoms. The van der Waals surface area contributed by atoms with Gasteiger partial charge in [-0.3, -0.25) is 0 Å². The van der Waals surface area contributed by atoms with Crippen LogP contribution in [-0.2, 0) is 13.0 Å². The summed E-state index contributed by atoms with van der Waals surface area (Å²) in [5.41, 5.74) is 0. The Morgan fingerprint density at radius 1 is 1.36 bits per heavy atom. The van der Waals surface area contributed by atoms with Crippen molar-refractivity contribution in [2.24, 2.45) is 0 Å². The van der Waals surface area contributed by atoms with Crippen LogP contribution >= 0.6 is 11.3 Å². The highest BCUT2D eigenvalue weighted by Gasteiger charge is 2.00. The van der Waals surface area contributed by atoms with Crippen LogP contribution in [0.4, 0.5) is 0 Å². The third-order valence-electron chi connectivity index (χ3n) is 2.07. The molecule has 0 aliphatic heterocycles. The molecule has 0 fully saturated rings. The van der Waals surface area contributed by atoms with Gasteiger partial charge in [-0.15, -0.1) is 11.3 Å². The molecule has 0 saturated heterocycles. The molecule has 2 nitrogen and oxygen atoms in total. The lowest BCUT2D eigenvalue weighted by Gasteiger charge is -1.97. The quantitative estimate of drug-likeness (QED) is 0.703. The Morgan fingerprint density at radius 2 is 2.21 bits per heavy atom. The zero-order valence-corrected chi connectivity index (χ0v) is 9.99. The maximum atomic E-state index is 4.41. The summed E-state index contributed by atoms with van der Waals surface area (Å²) in [7, 11) is 0. The summed E-state index contributed by atoms with van der Waals surface area (Å²) >= 11 is 1.85. The molecule has 0 radical (unpaired) electrons. The van der Waals surface area contributed by atoms with E-state index in [9.17, 15) is 0 Å². The number of unbranched alkanes of at least 4 members (excludes halogenated alkanes) is 1. The summed E-state index contributed by atoms with van der Waals surface area (Å²) in [6.45, 7) is 6.49. The molecule has 1 aromatic rings. The minimum atomic E-state index is 0.984. The van der Waals surface area contributed by atoms with Crippen molar-refractivity contribution >= 4 is 11.3 Å². The number of thiazole rings is 1. The smallest absolute Gasteiger partial charge is 0.0928 e. The topological polar surface area (TPSA) is 24.9 Å². The number of rotatable bonds is 7. The predicted molar refractivity (Wildman–Crippen MR) is 62.7 cm³/mol. The van der Waals surface area contributed by atoms with Crippen molar-refractivity contribution in [3.63, 3.8) is 0 Å².